The van der Waals surface area contributed by atoms with Crippen molar-refractivity contribution in [1.82, 2.24) is 9.55 Å². The first kappa shape index (κ1) is 15.4. The van der Waals surface area contributed by atoms with Gasteiger partial charge < -0.3 is 9.67 Å². The summed E-state index contributed by atoms with van der Waals surface area (Å²) in [7, 11) is 1.87. The van der Waals surface area contributed by atoms with E-state index in [0.717, 1.165) is 5.82 Å². The van der Waals surface area contributed by atoms with Crippen molar-refractivity contribution < 1.29 is 18.3 Å². The van der Waals surface area contributed by atoms with E-state index in [0.29, 0.717) is 25.7 Å². The number of nitrogens with zero attached hydrogens (tertiary/aromatic N) is 2. The Morgan fingerprint density at radius 3 is 2.80 bits per heavy atom. The number of imidazole rings is 1. The highest BCUT2D eigenvalue weighted by molar-refractivity contribution is 4.92. The zero-order valence-corrected chi connectivity index (χ0v) is 11.6. The topological polar surface area (TPSA) is 38.0 Å². The van der Waals surface area contributed by atoms with Gasteiger partial charge in [0.15, 0.2) is 0 Å². The van der Waals surface area contributed by atoms with Crippen LogP contribution in [0.25, 0.3) is 0 Å². The minimum absolute atomic E-state index is 0.0607. The second-order valence-corrected chi connectivity index (χ2v) is 5.73. The Balaban J connectivity index is 1.86. The minimum atomic E-state index is -4.13. The predicted octanol–water partition coefficient (Wildman–Crippen LogP) is 3.08. The molecule has 0 aliphatic heterocycles. The molecule has 1 aliphatic carbocycles. The predicted molar refractivity (Wildman–Crippen MR) is 69.0 cm³/mol. The van der Waals surface area contributed by atoms with Crippen LogP contribution in [-0.2, 0) is 13.5 Å². The molecule has 0 saturated heterocycles. The molecule has 6 heteroatoms. The molecule has 1 fully saturated rings. The summed E-state index contributed by atoms with van der Waals surface area (Å²) in [5, 5.41) is 10.1. The second kappa shape index (κ2) is 6.16. The van der Waals surface area contributed by atoms with Crippen LogP contribution in [0.2, 0.25) is 0 Å². The van der Waals surface area contributed by atoms with Gasteiger partial charge in [-0.3, -0.25) is 0 Å². The third-order valence-electron chi connectivity index (χ3n) is 4.31. The Labute approximate surface area is 116 Å². The van der Waals surface area contributed by atoms with Crippen molar-refractivity contribution in [1.29, 1.82) is 0 Å². The first-order valence-corrected chi connectivity index (χ1v) is 7.09. The van der Waals surface area contributed by atoms with E-state index < -0.39 is 18.2 Å². The van der Waals surface area contributed by atoms with E-state index in [2.05, 4.69) is 4.98 Å². The van der Waals surface area contributed by atoms with Gasteiger partial charge in [-0.05, 0) is 31.6 Å². The summed E-state index contributed by atoms with van der Waals surface area (Å²) < 4.78 is 40.1. The zero-order chi connectivity index (χ0) is 14.8. The standard InChI is InChI=1S/C14H21F3N2O/c1-19-8-7-18-13(19)6-5-12(20)10-3-2-4-11(9-10)14(15,16)17/h7-8,10-12,20H,2-6,9H2,1H3. The summed E-state index contributed by atoms with van der Waals surface area (Å²) in [4.78, 5) is 4.16. The highest BCUT2D eigenvalue weighted by Crippen LogP contribution is 2.41. The van der Waals surface area contributed by atoms with Crippen molar-refractivity contribution in [3.63, 3.8) is 0 Å². The molecule has 1 aliphatic rings. The molecule has 114 valence electrons. The van der Waals surface area contributed by atoms with E-state index >= 15 is 0 Å². The maximum atomic E-state index is 12.7. The fraction of sp³-hybridized carbons (Fsp3) is 0.786. The van der Waals surface area contributed by atoms with Gasteiger partial charge in [0.2, 0.25) is 0 Å². The summed E-state index contributed by atoms with van der Waals surface area (Å²) in [6.07, 6.45) is 1.27. The smallest absolute Gasteiger partial charge is 0.391 e. The molecule has 0 spiro atoms. The first-order valence-electron chi connectivity index (χ1n) is 7.09. The third-order valence-corrected chi connectivity index (χ3v) is 4.31. The van der Waals surface area contributed by atoms with Crippen LogP contribution in [0.4, 0.5) is 13.2 Å². The Hall–Kier alpha value is -1.04. The quantitative estimate of drug-likeness (QED) is 0.925. The summed E-state index contributed by atoms with van der Waals surface area (Å²) in [6.45, 7) is 0. The lowest BCUT2D eigenvalue weighted by Crippen LogP contribution is -2.33. The van der Waals surface area contributed by atoms with Crippen LogP contribution in [0.3, 0.4) is 0 Å². The van der Waals surface area contributed by atoms with Gasteiger partial charge in [-0.2, -0.15) is 13.2 Å². The van der Waals surface area contributed by atoms with Crippen molar-refractivity contribution in [3.05, 3.63) is 18.2 Å². The minimum Gasteiger partial charge on any atom is -0.393 e. The van der Waals surface area contributed by atoms with Crippen molar-refractivity contribution in [2.24, 2.45) is 18.9 Å². The fourth-order valence-electron chi connectivity index (χ4n) is 3.02. The number of halogens is 3. The molecule has 3 unspecified atom stereocenters. The van der Waals surface area contributed by atoms with Gasteiger partial charge >= 0.3 is 6.18 Å². The van der Waals surface area contributed by atoms with Gasteiger partial charge in [0.05, 0.1) is 12.0 Å². The molecule has 3 atom stereocenters. The van der Waals surface area contributed by atoms with Crippen LogP contribution in [-0.4, -0.2) is 26.9 Å². The number of aliphatic hydroxyl groups excluding tert-OH is 1. The largest absolute Gasteiger partial charge is 0.393 e. The van der Waals surface area contributed by atoms with Crippen LogP contribution in [0.5, 0.6) is 0 Å². The average molecular weight is 290 g/mol. The van der Waals surface area contributed by atoms with E-state index in [1.165, 1.54) is 0 Å². The van der Waals surface area contributed by atoms with Gasteiger partial charge in [-0.15, -0.1) is 0 Å². The molecule has 1 saturated carbocycles. The number of aromatic nitrogens is 2. The lowest BCUT2D eigenvalue weighted by molar-refractivity contribution is -0.188. The molecule has 1 heterocycles. The van der Waals surface area contributed by atoms with Crippen LogP contribution in [0.15, 0.2) is 12.4 Å². The molecule has 0 bridgehead atoms. The fourth-order valence-corrected chi connectivity index (χ4v) is 3.02. The van der Waals surface area contributed by atoms with Crippen LogP contribution in [0.1, 0.15) is 37.9 Å². The molecule has 0 aromatic carbocycles. The maximum Gasteiger partial charge on any atom is 0.391 e. The number of rotatable bonds is 4. The maximum absolute atomic E-state index is 12.7. The van der Waals surface area contributed by atoms with Crippen molar-refractivity contribution >= 4 is 0 Å². The summed E-state index contributed by atoms with van der Waals surface area (Å²) in [5.41, 5.74) is 0. The zero-order valence-electron chi connectivity index (χ0n) is 11.6. The van der Waals surface area contributed by atoms with Gasteiger partial charge in [0.25, 0.3) is 0 Å². The van der Waals surface area contributed by atoms with E-state index in [1.807, 2.05) is 17.8 Å². The second-order valence-electron chi connectivity index (χ2n) is 5.73. The molecule has 3 nitrogen and oxygen atoms in total. The Morgan fingerprint density at radius 1 is 1.45 bits per heavy atom. The van der Waals surface area contributed by atoms with E-state index in [-0.39, 0.29) is 18.8 Å². The van der Waals surface area contributed by atoms with E-state index in [1.54, 1.807) is 6.20 Å². The first-order chi connectivity index (χ1) is 9.38. The van der Waals surface area contributed by atoms with Crippen molar-refractivity contribution in [3.8, 4) is 0 Å². The highest BCUT2D eigenvalue weighted by Gasteiger charge is 2.43. The Morgan fingerprint density at radius 2 is 2.20 bits per heavy atom. The lowest BCUT2D eigenvalue weighted by atomic mass is 9.77. The number of aliphatic hydroxyl groups is 1. The molecular formula is C14H21F3N2O. The summed E-state index contributed by atoms with van der Waals surface area (Å²) >= 11 is 0. The van der Waals surface area contributed by atoms with Crippen LogP contribution < -0.4 is 0 Å². The number of hydrogen-bond donors (Lipinski definition) is 1. The van der Waals surface area contributed by atoms with E-state index in [9.17, 15) is 18.3 Å². The molecule has 2 rings (SSSR count). The van der Waals surface area contributed by atoms with Gasteiger partial charge in [-0.1, -0.05) is 6.42 Å². The number of hydrogen-bond acceptors (Lipinski definition) is 2. The normalized spacial score (nSPS) is 25.6. The monoisotopic (exact) mass is 290 g/mol. The molecule has 20 heavy (non-hydrogen) atoms. The third kappa shape index (κ3) is 3.75. The molecule has 0 radical (unpaired) electrons. The molecule has 1 aromatic heterocycles. The average Bonchev–Trinajstić information content (AvgIpc) is 2.81. The van der Waals surface area contributed by atoms with Crippen molar-refractivity contribution in [2.75, 3.05) is 0 Å². The van der Waals surface area contributed by atoms with Crippen molar-refractivity contribution in [2.45, 2.75) is 50.8 Å². The lowest BCUT2D eigenvalue weighted by Gasteiger charge is -2.33. The SMILES string of the molecule is Cn1ccnc1CCC(O)C1CCCC(C(F)(F)F)C1. The molecule has 1 N–H and O–H groups in total. The summed E-state index contributed by atoms with van der Waals surface area (Å²) in [6, 6.07) is 0. The number of aryl methyl sites for hydroxylation is 2. The van der Waals surface area contributed by atoms with Gasteiger partial charge in [0.1, 0.15) is 5.82 Å². The highest BCUT2D eigenvalue weighted by atomic mass is 19.4. The van der Waals surface area contributed by atoms with Gasteiger partial charge in [0, 0.05) is 25.9 Å². The molecular weight excluding hydrogens is 269 g/mol. The van der Waals surface area contributed by atoms with Crippen LogP contribution in [0, 0.1) is 11.8 Å². The van der Waals surface area contributed by atoms with Crippen LogP contribution >= 0.6 is 0 Å². The van der Waals surface area contributed by atoms with E-state index in [4.69, 9.17) is 0 Å². The number of alkyl halides is 3. The molecule has 1 aromatic rings. The Bertz CT molecular complexity index is 430. The van der Waals surface area contributed by atoms with Gasteiger partial charge in [-0.25, -0.2) is 4.98 Å². The molecule has 0 amide bonds. The summed E-state index contributed by atoms with van der Waals surface area (Å²) in [5.74, 6) is -0.632. The Kier molecular flexibility index (Phi) is 4.73.